The lowest BCUT2D eigenvalue weighted by Gasteiger charge is -2.13. The van der Waals surface area contributed by atoms with Crippen LogP contribution in [0.1, 0.15) is 18.9 Å². The van der Waals surface area contributed by atoms with Gasteiger partial charge in [0.15, 0.2) is 0 Å². The van der Waals surface area contributed by atoms with Crippen molar-refractivity contribution in [3.05, 3.63) is 35.1 Å². The Balaban J connectivity index is 2.18. The van der Waals surface area contributed by atoms with Gasteiger partial charge in [0.25, 0.3) is 0 Å². The van der Waals surface area contributed by atoms with Gasteiger partial charge in [-0.25, -0.2) is 4.68 Å². The van der Waals surface area contributed by atoms with E-state index in [1.165, 1.54) is 11.0 Å². The fraction of sp³-hybridized carbons (Fsp3) is 0.333. The van der Waals surface area contributed by atoms with Crippen molar-refractivity contribution in [2.75, 3.05) is 0 Å². The molecule has 3 N–H and O–H groups in total. The van der Waals surface area contributed by atoms with Gasteiger partial charge in [0.1, 0.15) is 6.33 Å². The monoisotopic (exact) mass is 294 g/mol. The standard InChI is InChI=1S/C12H15ClN6O/c1-2-10(14)12(20)15-6-8-5-9(13)3-4-11(8)19-7-16-17-18-19/h3-5,7,10H,2,6,14H2,1H3,(H,15,20)/t10-/m0/s1. The molecule has 1 atom stereocenters. The summed E-state index contributed by atoms with van der Waals surface area (Å²) in [6, 6.07) is 4.78. The van der Waals surface area contributed by atoms with E-state index in [2.05, 4.69) is 20.8 Å². The normalized spacial score (nSPS) is 12.2. The van der Waals surface area contributed by atoms with Crippen molar-refractivity contribution in [2.45, 2.75) is 25.9 Å². The predicted molar refractivity (Wildman–Crippen MR) is 74.3 cm³/mol. The molecule has 0 aliphatic rings. The van der Waals surface area contributed by atoms with Crippen LogP contribution < -0.4 is 11.1 Å². The molecule has 7 nitrogen and oxygen atoms in total. The van der Waals surface area contributed by atoms with Crippen molar-refractivity contribution in [1.82, 2.24) is 25.5 Å². The molecule has 106 valence electrons. The van der Waals surface area contributed by atoms with Gasteiger partial charge >= 0.3 is 0 Å². The Bertz CT molecular complexity index is 586. The molecule has 1 aromatic carbocycles. The van der Waals surface area contributed by atoms with Crippen LogP contribution in [0, 0.1) is 0 Å². The summed E-state index contributed by atoms with van der Waals surface area (Å²) in [5.74, 6) is -0.199. The summed E-state index contributed by atoms with van der Waals surface area (Å²) in [4.78, 5) is 11.7. The van der Waals surface area contributed by atoms with Gasteiger partial charge in [0, 0.05) is 11.6 Å². The van der Waals surface area contributed by atoms with Crippen LogP contribution in [-0.2, 0) is 11.3 Å². The Hall–Kier alpha value is -1.99. The number of nitrogens with zero attached hydrogens (tertiary/aromatic N) is 4. The number of nitrogens with one attached hydrogen (secondary N) is 1. The van der Waals surface area contributed by atoms with E-state index in [1.54, 1.807) is 18.2 Å². The maximum absolute atomic E-state index is 11.7. The second-order valence-corrected chi connectivity index (χ2v) is 4.70. The summed E-state index contributed by atoms with van der Waals surface area (Å²) in [6.45, 7) is 2.17. The highest BCUT2D eigenvalue weighted by atomic mass is 35.5. The van der Waals surface area contributed by atoms with Gasteiger partial charge < -0.3 is 11.1 Å². The lowest BCUT2D eigenvalue weighted by Crippen LogP contribution is -2.39. The molecule has 0 bridgehead atoms. The molecule has 0 saturated carbocycles. The van der Waals surface area contributed by atoms with Crippen LogP contribution in [-0.4, -0.2) is 32.2 Å². The van der Waals surface area contributed by atoms with E-state index >= 15 is 0 Å². The molecular formula is C12H15ClN6O. The molecule has 0 radical (unpaired) electrons. The van der Waals surface area contributed by atoms with E-state index < -0.39 is 6.04 Å². The number of hydrogen-bond acceptors (Lipinski definition) is 5. The van der Waals surface area contributed by atoms with Crippen molar-refractivity contribution in [1.29, 1.82) is 0 Å². The van der Waals surface area contributed by atoms with E-state index in [1.807, 2.05) is 6.92 Å². The first-order valence-corrected chi connectivity index (χ1v) is 6.54. The van der Waals surface area contributed by atoms with Gasteiger partial charge in [-0.05, 0) is 40.6 Å². The van der Waals surface area contributed by atoms with Crippen molar-refractivity contribution < 1.29 is 4.79 Å². The zero-order valence-corrected chi connectivity index (χ0v) is 11.7. The summed E-state index contributed by atoms with van der Waals surface area (Å²) in [5.41, 5.74) is 7.23. The van der Waals surface area contributed by atoms with E-state index in [0.717, 1.165) is 11.3 Å². The van der Waals surface area contributed by atoms with Gasteiger partial charge in [-0.1, -0.05) is 18.5 Å². The number of halogens is 1. The molecule has 0 fully saturated rings. The molecular weight excluding hydrogens is 280 g/mol. The summed E-state index contributed by atoms with van der Waals surface area (Å²) in [7, 11) is 0. The lowest BCUT2D eigenvalue weighted by molar-refractivity contribution is -0.122. The highest BCUT2D eigenvalue weighted by Gasteiger charge is 2.12. The molecule has 1 aromatic heterocycles. The second kappa shape index (κ2) is 6.44. The maximum Gasteiger partial charge on any atom is 0.237 e. The number of benzene rings is 1. The third-order valence-corrected chi connectivity index (χ3v) is 3.10. The Morgan fingerprint density at radius 1 is 1.55 bits per heavy atom. The number of amides is 1. The molecule has 0 spiro atoms. The predicted octanol–water partition coefficient (Wildman–Crippen LogP) is 0.669. The van der Waals surface area contributed by atoms with Gasteiger partial charge in [-0.3, -0.25) is 4.79 Å². The molecule has 20 heavy (non-hydrogen) atoms. The average Bonchev–Trinajstić information content (AvgIpc) is 2.97. The van der Waals surface area contributed by atoms with Crippen LogP contribution in [0.2, 0.25) is 5.02 Å². The zero-order chi connectivity index (χ0) is 14.5. The summed E-state index contributed by atoms with van der Waals surface area (Å²) >= 11 is 5.99. The van der Waals surface area contributed by atoms with Crippen molar-refractivity contribution in [3.63, 3.8) is 0 Å². The largest absolute Gasteiger partial charge is 0.351 e. The highest BCUT2D eigenvalue weighted by molar-refractivity contribution is 6.30. The molecule has 0 unspecified atom stereocenters. The van der Waals surface area contributed by atoms with Gasteiger partial charge in [0.2, 0.25) is 5.91 Å². The Morgan fingerprint density at radius 3 is 3.00 bits per heavy atom. The van der Waals surface area contributed by atoms with E-state index in [0.29, 0.717) is 18.0 Å². The Labute approximate surface area is 121 Å². The fourth-order valence-electron chi connectivity index (χ4n) is 1.69. The molecule has 1 heterocycles. The van der Waals surface area contributed by atoms with E-state index in [4.69, 9.17) is 17.3 Å². The number of carbonyl (C=O) groups excluding carboxylic acids is 1. The quantitative estimate of drug-likeness (QED) is 0.844. The molecule has 2 aromatic rings. The van der Waals surface area contributed by atoms with Crippen molar-refractivity contribution in [2.24, 2.45) is 5.73 Å². The smallest absolute Gasteiger partial charge is 0.237 e. The van der Waals surface area contributed by atoms with Crippen LogP contribution in [0.15, 0.2) is 24.5 Å². The molecule has 1 amide bonds. The first-order valence-electron chi connectivity index (χ1n) is 6.17. The number of rotatable bonds is 5. The molecule has 0 aliphatic heterocycles. The Kier molecular flexibility index (Phi) is 4.65. The van der Waals surface area contributed by atoms with Crippen LogP contribution in [0.25, 0.3) is 5.69 Å². The first-order chi connectivity index (χ1) is 9.61. The van der Waals surface area contributed by atoms with E-state index in [9.17, 15) is 4.79 Å². The minimum absolute atomic E-state index is 0.199. The topological polar surface area (TPSA) is 98.7 Å². The molecule has 8 heteroatoms. The van der Waals surface area contributed by atoms with Crippen LogP contribution in [0.3, 0.4) is 0 Å². The average molecular weight is 295 g/mol. The molecule has 0 aliphatic carbocycles. The first kappa shape index (κ1) is 14.4. The van der Waals surface area contributed by atoms with Gasteiger partial charge in [0.05, 0.1) is 11.7 Å². The molecule has 0 saturated heterocycles. The highest BCUT2D eigenvalue weighted by Crippen LogP contribution is 2.18. The number of nitrogens with two attached hydrogens (primary N) is 1. The van der Waals surface area contributed by atoms with Gasteiger partial charge in [-0.15, -0.1) is 5.10 Å². The zero-order valence-electron chi connectivity index (χ0n) is 11.0. The summed E-state index contributed by atoms with van der Waals surface area (Å²) < 4.78 is 1.51. The van der Waals surface area contributed by atoms with Crippen LogP contribution in [0.5, 0.6) is 0 Å². The third kappa shape index (κ3) is 3.31. The number of hydrogen-bond donors (Lipinski definition) is 2. The Morgan fingerprint density at radius 2 is 2.35 bits per heavy atom. The summed E-state index contributed by atoms with van der Waals surface area (Å²) in [6.07, 6.45) is 2.06. The number of aromatic nitrogens is 4. The fourth-order valence-corrected chi connectivity index (χ4v) is 1.88. The second-order valence-electron chi connectivity index (χ2n) is 4.26. The van der Waals surface area contributed by atoms with Crippen LogP contribution in [0.4, 0.5) is 0 Å². The van der Waals surface area contributed by atoms with Gasteiger partial charge in [-0.2, -0.15) is 0 Å². The maximum atomic E-state index is 11.7. The minimum atomic E-state index is -0.509. The van der Waals surface area contributed by atoms with E-state index in [-0.39, 0.29) is 5.91 Å². The summed E-state index contributed by atoms with van der Waals surface area (Å²) in [5, 5.41) is 14.4. The van der Waals surface area contributed by atoms with Crippen molar-refractivity contribution >= 4 is 17.5 Å². The minimum Gasteiger partial charge on any atom is -0.351 e. The SMILES string of the molecule is CC[C@H](N)C(=O)NCc1cc(Cl)ccc1-n1cnnn1. The lowest BCUT2D eigenvalue weighted by atomic mass is 10.1. The molecule has 2 rings (SSSR count). The third-order valence-electron chi connectivity index (χ3n) is 2.87. The van der Waals surface area contributed by atoms with Crippen molar-refractivity contribution in [3.8, 4) is 5.69 Å². The van der Waals surface area contributed by atoms with Crippen LogP contribution >= 0.6 is 11.6 Å². The number of tetrazole rings is 1. The number of carbonyl (C=O) groups is 1.